The number of hydrogen-bond acceptors (Lipinski definition) is 3. The predicted molar refractivity (Wildman–Crippen MR) is 45.5 cm³/mol. The zero-order valence-corrected chi connectivity index (χ0v) is 10.4. The summed E-state index contributed by atoms with van der Waals surface area (Å²) in [5, 5.41) is 8.38. The molecule has 7 heteroatoms. The maximum atomic E-state index is 10.2. The van der Waals surface area contributed by atoms with Crippen molar-refractivity contribution in [3.63, 3.8) is 0 Å². The van der Waals surface area contributed by atoms with Gasteiger partial charge in [-0.25, -0.2) is 0 Å². The quantitative estimate of drug-likeness (QED) is 0.200. The summed E-state index contributed by atoms with van der Waals surface area (Å²) in [6.45, 7) is 0.420. The first kappa shape index (κ1) is 14.8. The molecule has 72 valence electrons. The fraction of sp³-hybridized carbons (Fsp3) is 0.667. The van der Waals surface area contributed by atoms with Crippen molar-refractivity contribution < 1.29 is 29.4 Å². The van der Waals surface area contributed by atoms with Crippen molar-refractivity contribution in [3.05, 3.63) is 0 Å². The van der Waals surface area contributed by atoms with Gasteiger partial charge < -0.3 is 22.3 Å². The molecular formula is C6H14N4O2Zn. The molecule has 0 amide bonds. The monoisotopic (exact) mass is 238 g/mol. The summed E-state index contributed by atoms with van der Waals surface area (Å²) in [5.74, 6) is -0.987. The number of carboxylic acids is 1. The molecule has 0 heterocycles. The first-order valence-electron chi connectivity index (χ1n) is 3.58. The maximum absolute atomic E-state index is 10.2. The molecule has 0 aliphatic rings. The molecule has 0 spiro atoms. The van der Waals surface area contributed by atoms with Crippen LogP contribution in [0, 0.1) is 0 Å². The van der Waals surface area contributed by atoms with E-state index in [1.54, 1.807) is 0 Å². The minimum Gasteiger partial charge on any atom is -0.480 e. The summed E-state index contributed by atoms with van der Waals surface area (Å²) < 4.78 is 0. The third kappa shape index (κ3) is 9.24. The van der Waals surface area contributed by atoms with E-state index in [0.29, 0.717) is 19.4 Å². The Kier molecular flexibility index (Phi) is 9.06. The first-order valence-corrected chi connectivity index (χ1v) is 3.58. The van der Waals surface area contributed by atoms with Crippen LogP contribution in [0.2, 0.25) is 0 Å². The van der Waals surface area contributed by atoms with Crippen LogP contribution in [-0.2, 0) is 24.3 Å². The van der Waals surface area contributed by atoms with Crippen molar-refractivity contribution >= 4 is 11.9 Å². The molecule has 0 aromatic carbocycles. The molecule has 0 aliphatic carbocycles. The predicted octanol–water partition coefficient (Wildman–Crippen LogP) is -1.55. The van der Waals surface area contributed by atoms with Gasteiger partial charge in [-0.3, -0.25) is 9.79 Å². The average Bonchev–Trinajstić information content (AvgIpc) is 1.97. The van der Waals surface area contributed by atoms with Crippen molar-refractivity contribution in [2.45, 2.75) is 18.9 Å². The standard InChI is InChI=1S/C6H14N4O2.Zn/c7-4(5(11)12)2-1-3-10-6(8)9;/h4H,1-3,7H2,(H,11,12)(H4,8,9,10);. The molecule has 7 N–H and O–H groups in total. The molecule has 1 unspecified atom stereocenters. The fourth-order valence-corrected chi connectivity index (χ4v) is 0.643. The number of aliphatic carboxylic acids is 1. The number of guanidine groups is 1. The van der Waals surface area contributed by atoms with Gasteiger partial charge in [-0.15, -0.1) is 0 Å². The summed E-state index contributed by atoms with van der Waals surface area (Å²) in [4.78, 5) is 13.9. The Hall–Kier alpha value is -0.677. The van der Waals surface area contributed by atoms with Crippen LogP contribution < -0.4 is 17.2 Å². The smallest absolute Gasteiger partial charge is 0.320 e. The van der Waals surface area contributed by atoms with Crippen LogP contribution in [0.25, 0.3) is 0 Å². The third-order valence-corrected chi connectivity index (χ3v) is 1.28. The van der Waals surface area contributed by atoms with Crippen LogP contribution in [0.4, 0.5) is 0 Å². The third-order valence-electron chi connectivity index (χ3n) is 1.28. The first-order chi connectivity index (χ1) is 5.54. The number of rotatable bonds is 5. The number of nitrogens with zero attached hydrogens (tertiary/aromatic N) is 1. The van der Waals surface area contributed by atoms with Gasteiger partial charge in [-0.1, -0.05) is 0 Å². The van der Waals surface area contributed by atoms with Gasteiger partial charge >= 0.3 is 5.97 Å². The zero-order chi connectivity index (χ0) is 9.56. The largest absolute Gasteiger partial charge is 0.480 e. The number of carboxylic acid groups (broad SMARTS) is 1. The van der Waals surface area contributed by atoms with Gasteiger partial charge in [0.25, 0.3) is 0 Å². The van der Waals surface area contributed by atoms with Crippen molar-refractivity contribution in [3.8, 4) is 0 Å². The molecule has 0 saturated carbocycles. The molecule has 0 radical (unpaired) electrons. The van der Waals surface area contributed by atoms with Gasteiger partial charge in [0.15, 0.2) is 5.96 Å². The van der Waals surface area contributed by atoms with E-state index in [0.717, 1.165) is 0 Å². The van der Waals surface area contributed by atoms with Crippen molar-refractivity contribution in [1.82, 2.24) is 0 Å². The summed E-state index contributed by atoms with van der Waals surface area (Å²) in [5.41, 5.74) is 15.3. The topological polar surface area (TPSA) is 128 Å². The minimum atomic E-state index is -1.00. The second-order valence-corrected chi connectivity index (χ2v) is 2.39. The molecule has 6 nitrogen and oxygen atoms in total. The minimum absolute atomic E-state index is 0. The van der Waals surface area contributed by atoms with Crippen molar-refractivity contribution in [2.24, 2.45) is 22.2 Å². The van der Waals surface area contributed by atoms with E-state index >= 15 is 0 Å². The van der Waals surface area contributed by atoms with E-state index in [4.69, 9.17) is 22.3 Å². The second kappa shape index (κ2) is 7.95. The van der Waals surface area contributed by atoms with Crippen LogP contribution in [0.15, 0.2) is 4.99 Å². The molecule has 13 heavy (non-hydrogen) atoms. The number of nitrogens with two attached hydrogens (primary N) is 3. The molecule has 0 bridgehead atoms. The Labute approximate surface area is 89.3 Å². The molecule has 0 aliphatic heterocycles. The van der Waals surface area contributed by atoms with Gasteiger partial charge in [-0.2, -0.15) is 0 Å². The number of carbonyl (C=O) groups is 1. The van der Waals surface area contributed by atoms with E-state index in [1.807, 2.05) is 0 Å². The Bertz CT molecular complexity index is 181. The number of aliphatic imine (C=N–C) groups is 1. The average molecular weight is 240 g/mol. The van der Waals surface area contributed by atoms with Gasteiger partial charge in [0.05, 0.1) is 0 Å². The van der Waals surface area contributed by atoms with E-state index in [1.165, 1.54) is 0 Å². The van der Waals surface area contributed by atoms with Gasteiger partial charge in [0, 0.05) is 26.0 Å². The normalized spacial score (nSPS) is 11.2. The van der Waals surface area contributed by atoms with E-state index in [2.05, 4.69) is 4.99 Å². The zero-order valence-electron chi connectivity index (χ0n) is 7.44. The van der Waals surface area contributed by atoms with E-state index in [-0.39, 0.29) is 25.4 Å². The van der Waals surface area contributed by atoms with Crippen LogP contribution >= 0.6 is 0 Å². The Morgan fingerprint density at radius 3 is 2.38 bits per heavy atom. The van der Waals surface area contributed by atoms with Crippen molar-refractivity contribution in [2.75, 3.05) is 6.54 Å². The van der Waals surface area contributed by atoms with Crippen LogP contribution in [-0.4, -0.2) is 29.6 Å². The summed E-state index contributed by atoms with van der Waals surface area (Å²) in [6, 6.07) is -0.820. The van der Waals surface area contributed by atoms with E-state index in [9.17, 15) is 4.79 Å². The molecule has 0 rings (SSSR count). The molecule has 1 atom stereocenters. The fourth-order valence-electron chi connectivity index (χ4n) is 0.643. The van der Waals surface area contributed by atoms with Crippen molar-refractivity contribution in [1.29, 1.82) is 0 Å². The van der Waals surface area contributed by atoms with Gasteiger partial charge in [0.1, 0.15) is 6.04 Å². The van der Waals surface area contributed by atoms with Crippen LogP contribution in [0.5, 0.6) is 0 Å². The molecule has 0 aromatic heterocycles. The van der Waals surface area contributed by atoms with E-state index < -0.39 is 12.0 Å². The molecular weight excluding hydrogens is 225 g/mol. The van der Waals surface area contributed by atoms with Crippen LogP contribution in [0.3, 0.4) is 0 Å². The maximum Gasteiger partial charge on any atom is 0.320 e. The van der Waals surface area contributed by atoms with Crippen LogP contribution in [0.1, 0.15) is 12.8 Å². The number of hydrogen-bond donors (Lipinski definition) is 4. The SMILES string of the molecule is NC(N)=NCCCC(N)C(=O)O.[Zn]. The Balaban J connectivity index is 0. The second-order valence-electron chi connectivity index (χ2n) is 2.39. The Morgan fingerprint density at radius 1 is 1.46 bits per heavy atom. The summed E-state index contributed by atoms with van der Waals surface area (Å²) in [7, 11) is 0. The van der Waals surface area contributed by atoms with Gasteiger partial charge in [0.2, 0.25) is 0 Å². The molecule has 0 fully saturated rings. The van der Waals surface area contributed by atoms with Gasteiger partial charge in [-0.05, 0) is 12.8 Å². The Morgan fingerprint density at radius 2 is 2.00 bits per heavy atom. The molecule has 0 saturated heterocycles. The molecule has 0 aromatic rings. The summed E-state index contributed by atoms with van der Waals surface area (Å²) >= 11 is 0. The summed E-state index contributed by atoms with van der Waals surface area (Å²) in [6.07, 6.45) is 0.956.